The number of hydrogen-bond donors (Lipinski definition) is 2. The van der Waals surface area contributed by atoms with Crippen LogP contribution in [0.1, 0.15) is 16.2 Å². The maximum Gasteiger partial charge on any atom is 0.342 e. The lowest BCUT2D eigenvalue weighted by Gasteiger charge is -2.10. The van der Waals surface area contributed by atoms with Crippen LogP contribution in [0, 0.1) is 0 Å². The van der Waals surface area contributed by atoms with Gasteiger partial charge in [0.1, 0.15) is 17.1 Å². The SMILES string of the molecule is COc1ccc(C(=O)OCc2nc(N)nc(N)n2)c(OC)c1. The highest BCUT2D eigenvalue weighted by Gasteiger charge is 2.15. The third-order valence-corrected chi connectivity index (χ3v) is 2.68. The number of benzene rings is 1. The molecule has 9 heteroatoms. The molecule has 0 saturated carbocycles. The van der Waals surface area contributed by atoms with Crippen LogP contribution in [0.25, 0.3) is 0 Å². The largest absolute Gasteiger partial charge is 0.497 e. The van der Waals surface area contributed by atoms with E-state index in [4.69, 9.17) is 25.7 Å². The molecule has 1 aromatic heterocycles. The summed E-state index contributed by atoms with van der Waals surface area (Å²) < 4.78 is 15.3. The smallest absolute Gasteiger partial charge is 0.342 e. The highest BCUT2D eigenvalue weighted by molar-refractivity contribution is 5.92. The molecule has 2 rings (SSSR count). The predicted molar refractivity (Wildman–Crippen MR) is 77.3 cm³/mol. The van der Waals surface area contributed by atoms with Crippen molar-refractivity contribution in [3.63, 3.8) is 0 Å². The van der Waals surface area contributed by atoms with Crippen LogP contribution in [-0.2, 0) is 11.3 Å². The average Bonchev–Trinajstić information content (AvgIpc) is 2.51. The van der Waals surface area contributed by atoms with Gasteiger partial charge in [-0.05, 0) is 12.1 Å². The second kappa shape index (κ2) is 6.57. The minimum Gasteiger partial charge on any atom is -0.497 e. The van der Waals surface area contributed by atoms with Gasteiger partial charge >= 0.3 is 5.97 Å². The van der Waals surface area contributed by atoms with E-state index in [9.17, 15) is 4.79 Å². The Morgan fingerprint density at radius 2 is 1.77 bits per heavy atom. The number of methoxy groups -OCH3 is 2. The predicted octanol–water partition coefficient (Wildman–Crippen LogP) is 0.410. The highest BCUT2D eigenvalue weighted by atomic mass is 16.5. The van der Waals surface area contributed by atoms with Crippen LogP contribution >= 0.6 is 0 Å². The van der Waals surface area contributed by atoms with Crippen molar-refractivity contribution in [1.29, 1.82) is 0 Å². The fraction of sp³-hybridized carbons (Fsp3) is 0.231. The first-order valence-corrected chi connectivity index (χ1v) is 6.18. The number of aromatic nitrogens is 3. The van der Waals surface area contributed by atoms with Gasteiger partial charge in [0.15, 0.2) is 12.4 Å². The summed E-state index contributed by atoms with van der Waals surface area (Å²) >= 11 is 0. The van der Waals surface area contributed by atoms with Gasteiger partial charge in [0, 0.05) is 6.07 Å². The van der Waals surface area contributed by atoms with Crippen molar-refractivity contribution in [3.8, 4) is 11.5 Å². The van der Waals surface area contributed by atoms with Gasteiger partial charge in [-0.3, -0.25) is 0 Å². The van der Waals surface area contributed by atoms with Crippen LogP contribution < -0.4 is 20.9 Å². The summed E-state index contributed by atoms with van der Waals surface area (Å²) in [6, 6.07) is 4.74. The van der Waals surface area contributed by atoms with Crippen molar-refractivity contribution >= 4 is 17.9 Å². The molecule has 0 aliphatic carbocycles. The molecule has 0 aliphatic heterocycles. The molecule has 2 aromatic rings. The van der Waals surface area contributed by atoms with Crippen molar-refractivity contribution in [3.05, 3.63) is 29.6 Å². The fourth-order valence-corrected chi connectivity index (χ4v) is 1.70. The number of hydrogen-bond acceptors (Lipinski definition) is 9. The zero-order chi connectivity index (χ0) is 16.1. The third-order valence-electron chi connectivity index (χ3n) is 2.68. The van der Waals surface area contributed by atoms with E-state index >= 15 is 0 Å². The van der Waals surface area contributed by atoms with E-state index in [0.29, 0.717) is 11.5 Å². The van der Waals surface area contributed by atoms with Crippen LogP contribution in [0.2, 0.25) is 0 Å². The number of nitrogen functional groups attached to an aromatic ring is 2. The Bertz CT molecular complexity index is 672. The molecule has 0 spiro atoms. The molecule has 9 nitrogen and oxygen atoms in total. The van der Waals surface area contributed by atoms with Crippen molar-refractivity contribution in [2.24, 2.45) is 0 Å². The number of carbonyl (C=O) groups is 1. The van der Waals surface area contributed by atoms with Gasteiger partial charge in [-0.2, -0.15) is 15.0 Å². The van der Waals surface area contributed by atoms with Gasteiger partial charge in [-0.15, -0.1) is 0 Å². The monoisotopic (exact) mass is 305 g/mol. The number of carbonyl (C=O) groups excluding carboxylic acids is 1. The Balaban J connectivity index is 2.12. The van der Waals surface area contributed by atoms with E-state index in [-0.39, 0.29) is 29.9 Å². The summed E-state index contributed by atoms with van der Waals surface area (Å²) in [6.07, 6.45) is 0. The topological polar surface area (TPSA) is 135 Å². The second-order valence-electron chi connectivity index (χ2n) is 4.11. The summed E-state index contributed by atoms with van der Waals surface area (Å²) in [6.45, 7) is -0.190. The summed E-state index contributed by atoms with van der Waals surface area (Å²) in [5, 5.41) is 0. The molecule has 0 radical (unpaired) electrons. The molecule has 0 aliphatic rings. The Labute approximate surface area is 126 Å². The lowest BCUT2D eigenvalue weighted by molar-refractivity contribution is 0.0458. The van der Waals surface area contributed by atoms with Gasteiger partial charge in [0.25, 0.3) is 0 Å². The van der Waals surface area contributed by atoms with E-state index in [1.165, 1.54) is 20.3 Å². The molecular weight excluding hydrogens is 290 g/mol. The van der Waals surface area contributed by atoms with Gasteiger partial charge in [0.2, 0.25) is 11.9 Å². The Morgan fingerprint density at radius 3 is 2.36 bits per heavy atom. The van der Waals surface area contributed by atoms with Crippen molar-refractivity contribution < 1.29 is 19.0 Å². The normalized spacial score (nSPS) is 10.1. The van der Waals surface area contributed by atoms with E-state index < -0.39 is 5.97 Å². The molecule has 116 valence electrons. The number of nitrogens with zero attached hydrogens (tertiary/aromatic N) is 3. The van der Waals surface area contributed by atoms with E-state index in [2.05, 4.69) is 15.0 Å². The number of anilines is 2. The van der Waals surface area contributed by atoms with Gasteiger partial charge < -0.3 is 25.7 Å². The highest BCUT2D eigenvalue weighted by Crippen LogP contribution is 2.25. The van der Waals surface area contributed by atoms with Crippen LogP contribution in [0.4, 0.5) is 11.9 Å². The molecule has 0 saturated heterocycles. The summed E-state index contributed by atoms with van der Waals surface area (Å²) in [4.78, 5) is 23.3. The Hall–Kier alpha value is -3.10. The molecule has 4 N–H and O–H groups in total. The van der Waals surface area contributed by atoms with Crippen LogP contribution in [0.15, 0.2) is 18.2 Å². The average molecular weight is 305 g/mol. The lowest BCUT2D eigenvalue weighted by Crippen LogP contribution is -2.11. The molecule has 0 atom stereocenters. The van der Waals surface area contributed by atoms with Crippen LogP contribution in [0.5, 0.6) is 11.5 Å². The summed E-state index contributed by atoms with van der Waals surface area (Å²) in [5.41, 5.74) is 11.1. The number of rotatable bonds is 5. The molecule has 1 aromatic carbocycles. The molecule has 0 unspecified atom stereocenters. The first kappa shape index (κ1) is 15.3. The fourth-order valence-electron chi connectivity index (χ4n) is 1.70. The first-order valence-electron chi connectivity index (χ1n) is 6.18. The van der Waals surface area contributed by atoms with Crippen LogP contribution in [-0.4, -0.2) is 35.1 Å². The molecule has 22 heavy (non-hydrogen) atoms. The van der Waals surface area contributed by atoms with Gasteiger partial charge in [-0.25, -0.2) is 4.79 Å². The quantitative estimate of drug-likeness (QED) is 0.752. The molecule has 1 heterocycles. The summed E-state index contributed by atoms with van der Waals surface area (Å²) in [5.74, 6) is 0.370. The molecule has 0 bridgehead atoms. The second-order valence-corrected chi connectivity index (χ2v) is 4.11. The zero-order valence-electron chi connectivity index (χ0n) is 12.1. The first-order chi connectivity index (χ1) is 10.5. The van der Waals surface area contributed by atoms with Crippen LogP contribution in [0.3, 0.4) is 0 Å². The number of esters is 1. The minimum absolute atomic E-state index is 0.0411. The molecular formula is C13H15N5O4. The van der Waals surface area contributed by atoms with E-state index in [0.717, 1.165) is 0 Å². The molecule has 0 fully saturated rings. The minimum atomic E-state index is -0.600. The summed E-state index contributed by atoms with van der Waals surface area (Å²) in [7, 11) is 2.96. The van der Waals surface area contributed by atoms with Crippen molar-refractivity contribution in [2.45, 2.75) is 6.61 Å². The van der Waals surface area contributed by atoms with Crippen molar-refractivity contribution in [1.82, 2.24) is 15.0 Å². The Morgan fingerprint density at radius 1 is 1.09 bits per heavy atom. The van der Waals surface area contributed by atoms with Gasteiger partial charge in [-0.1, -0.05) is 0 Å². The maximum absolute atomic E-state index is 12.1. The number of nitrogens with two attached hydrogens (primary N) is 2. The zero-order valence-corrected chi connectivity index (χ0v) is 12.1. The van der Waals surface area contributed by atoms with E-state index in [1.807, 2.05) is 0 Å². The third kappa shape index (κ3) is 3.51. The number of ether oxygens (including phenoxy) is 3. The lowest BCUT2D eigenvalue weighted by atomic mass is 10.2. The van der Waals surface area contributed by atoms with E-state index in [1.54, 1.807) is 12.1 Å². The standard InChI is InChI=1S/C13H15N5O4/c1-20-7-3-4-8(9(5-7)21-2)11(19)22-6-10-16-12(14)18-13(15)17-10/h3-5H,6H2,1-2H3,(H4,14,15,16,17,18). The maximum atomic E-state index is 12.1. The Kier molecular flexibility index (Phi) is 4.57. The van der Waals surface area contributed by atoms with Gasteiger partial charge in [0.05, 0.1) is 14.2 Å². The van der Waals surface area contributed by atoms with Crippen molar-refractivity contribution in [2.75, 3.05) is 25.7 Å². The molecule has 0 amide bonds.